The van der Waals surface area contributed by atoms with Crippen LogP contribution in [-0.4, -0.2) is 0 Å². The van der Waals surface area contributed by atoms with Crippen LogP contribution >= 0.6 is 0 Å². The van der Waals surface area contributed by atoms with Crippen LogP contribution in [0.15, 0.2) is 0 Å². The van der Waals surface area contributed by atoms with Gasteiger partial charge in [-0.25, -0.2) is 0 Å². The lowest BCUT2D eigenvalue weighted by molar-refractivity contribution is -0.00162. The van der Waals surface area contributed by atoms with E-state index in [-0.39, 0.29) is 0 Å². The van der Waals surface area contributed by atoms with E-state index in [1.165, 1.54) is 19.3 Å². The molecule has 2 aliphatic rings. The number of hydrogen-bond acceptors (Lipinski definition) is 0. The molecule has 2 saturated carbocycles. The van der Waals surface area contributed by atoms with Crippen LogP contribution in [0.3, 0.4) is 0 Å². The molecule has 0 bridgehead atoms. The maximum Gasteiger partial charge on any atom is -0.0321 e. The lowest BCUT2D eigenvalue weighted by Crippen LogP contribution is -2.43. The van der Waals surface area contributed by atoms with Gasteiger partial charge in [-0.05, 0) is 59.7 Å². The lowest BCUT2D eigenvalue weighted by atomic mass is 9.57. The summed E-state index contributed by atoms with van der Waals surface area (Å²) in [6.07, 6.45) is 4.29. The highest BCUT2D eigenvalue weighted by molar-refractivity contribution is 5.02. The third kappa shape index (κ3) is 2.38. The molecule has 9 atom stereocenters. The molecule has 0 saturated heterocycles. The van der Waals surface area contributed by atoms with Crippen molar-refractivity contribution in [1.29, 1.82) is 0 Å². The van der Waals surface area contributed by atoms with Crippen LogP contribution in [0.2, 0.25) is 0 Å². The molecule has 0 amide bonds. The Morgan fingerprint density at radius 3 is 1.58 bits per heavy atom. The molecule has 9 unspecified atom stereocenters. The summed E-state index contributed by atoms with van der Waals surface area (Å²) in [5, 5.41) is 0. The number of unbranched alkanes of at least 4 members (excludes halogenated alkanes) is 1. The quantitative estimate of drug-likeness (QED) is 0.598. The molecule has 19 heavy (non-hydrogen) atoms. The zero-order valence-corrected chi connectivity index (χ0v) is 14.3. The van der Waals surface area contributed by atoms with Crippen LogP contribution in [0, 0.1) is 53.3 Å². The van der Waals surface area contributed by atoms with Crippen molar-refractivity contribution >= 4 is 0 Å². The Morgan fingerprint density at radius 1 is 0.579 bits per heavy atom. The Morgan fingerprint density at radius 2 is 1.05 bits per heavy atom. The van der Waals surface area contributed by atoms with Gasteiger partial charge in [0.1, 0.15) is 0 Å². The molecule has 0 nitrogen and oxygen atoms in total. The second-order valence-corrected chi connectivity index (χ2v) is 8.12. The second-order valence-electron chi connectivity index (χ2n) is 8.12. The summed E-state index contributed by atoms with van der Waals surface area (Å²) in [5.74, 6) is 8.60. The van der Waals surface area contributed by atoms with Gasteiger partial charge in [0.05, 0.1) is 0 Å². The van der Waals surface area contributed by atoms with Crippen LogP contribution in [0.25, 0.3) is 0 Å². The Labute approximate surface area is 121 Å². The molecule has 0 spiro atoms. The van der Waals surface area contributed by atoms with Crippen LogP contribution in [0.4, 0.5) is 0 Å². The highest BCUT2D eigenvalue weighted by atomic mass is 14.6. The lowest BCUT2D eigenvalue weighted by Gasteiger charge is -2.48. The molecule has 0 aromatic rings. The molecule has 0 aliphatic heterocycles. The first-order chi connectivity index (χ1) is 8.91. The molecular formula is C19H36. The van der Waals surface area contributed by atoms with Crippen LogP contribution in [-0.2, 0) is 0 Å². The minimum atomic E-state index is 0.913. The zero-order valence-electron chi connectivity index (χ0n) is 14.3. The van der Waals surface area contributed by atoms with Gasteiger partial charge in [-0.1, -0.05) is 61.3 Å². The standard InChI is InChI=1S/C19H36/c1-8-9-10-17-13(4)16(7)18-14(5)11(2)12(3)15(6)19(17)18/h11-19H,8-10H2,1-7H3. The van der Waals surface area contributed by atoms with Gasteiger partial charge in [-0.2, -0.15) is 0 Å². The first-order valence-corrected chi connectivity index (χ1v) is 8.91. The van der Waals surface area contributed by atoms with Crippen molar-refractivity contribution in [1.82, 2.24) is 0 Å². The summed E-state index contributed by atoms with van der Waals surface area (Å²) in [4.78, 5) is 0. The molecule has 2 rings (SSSR count). The fourth-order valence-corrected chi connectivity index (χ4v) is 5.85. The normalized spacial score (nSPS) is 54.2. The summed E-state index contributed by atoms with van der Waals surface area (Å²) in [7, 11) is 0. The SMILES string of the molecule is CCCCC1C(C)C(C)C2C(C)C(C)C(C)C(C)C12. The molecule has 112 valence electrons. The van der Waals surface area contributed by atoms with E-state index < -0.39 is 0 Å². The molecule has 0 aromatic heterocycles. The van der Waals surface area contributed by atoms with Gasteiger partial charge < -0.3 is 0 Å². The van der Waals surface area contributed by atoms with Gasteiger partial charge in [0, 0.05) is 0 Å². The fourth-order valence-electron chi connectivity index (χ4n) is 5.85. The van der Waals surface area contributed by atoms with Crippen LogP contribution in [0.5, 0.6) is 0 Å². The Hall–Kier alpha value is 0. The first-order valence-electron chi connectivity index (χ1n) is 8.91. The largest absolute Gasteiger partial charge is 0.0654 e. The maximum absolute atomic E-state index is 2.56. The minimum absolute atomic E-state index is 0.913. The van der Waals surface area contributed by atoms with Crippen molar-refractivity contribution < 1.29 is 0 Å². The van der Waals surface area contributed by atoms with Crippen LogP contribution in [0.1, 0.15) is 67.7 Å². The Bertz CT molecular complexity index is 294. The third-order valence-electron chi connectivity index (χ3n) is 7.64. The third-order valence-corrected chi connectivity index (χ3v) is 7.64. The smallest absolute Gasteiger partial charge is 0.0321 e. The molecule has 0 radical (unpaired) electrons. The molecule has 0 heterocycles. The topological polar surface area (TPSA) is 0 Å². The molecule has 0 aromatic carbocycles. The molecular weight excluding hydrogens is 228 g/mol. The second kappa shape index (κ2) is 5.78. The van der Waals surface area contributed by atoms with Crippen molar-refractivity contribution in [3.05, 3.63) is 0 Å². The zero-order chi connectivity index (χ0) is 14.3. The summed E-state index contributed by atoms with van der Waals surface area (Å²) in [6.45, 7) is 17.6. The van der Waals surface area contributed by atoms with Crippen molar-refractivity contribution in [2.45, 2.75) is 67.7 Å². The predicted molar refractivity (Wildman–Crippen MR) is 85.0 cm³/mol. The summed E-state index contributed by atoms with van der Waals surface area (Å²) in [6, 6.07) is 0. The van der Waals surface area contributed by atoms with E-state index in [0.29, 0.717) is 0 Å². The monoisotopic (exact) mass is 264 g/mol. The number of hydrogen-bond donors (Lipinski definition) is 0. The van der Waals surface area contributed by atoms with E-state index in [9.17, 15) is 0 Å². The van der Waals surface area contributed by atoms with Gasteiger partial charge in [-0.15, -0.1) is 0 Å². The molecule has 0 N–H and O–H groups in total. The average molecular weight is 264 g/mol. The van der Waals surface area contributed by atoms with Crippen molar-refractivity contribution in [3.8, 4) is 0 Å². The van der Waals surface area contributed by atoms with Crippen molar-refractivity contribution in [2.24, 2.45) is 53.3 Å². The molecule has 2 fully saturated rings. The van der Waals surface area contributed by atoms with Crippen molar-refractivity contribution in [3.63, 3.8) is 0 Å². The predicted octanol–water partition coefficient (Wildman–Crippen LogP) is 5.87. The Kier molecular flexibility index (Phi) is 4.68. The van der Waals surface area contributed by atoms with Gasteiger partial charge in [0.25, 0.3) is 0 Å². The van der Waals surface area contributed by atoms with E-state index in [0.717, 1.165) is 53.3 Å². The molecule has 0 heteroatoms. The number of rotatable bonds is 3. The Balaban J connectivity index is 2.25. The average Bonchev–Trinajstić information content (AvgIpc) is 2.64. The first kappa shape index (κ1) is 15.4. The fraction of sp³-hybridized carbons (Fsp3) is 1.00. The van der Waals surface area contributed by atoms with E-state index in [1.807, 2.05) is 0 Å². The highest BCUT2D eigenvalue weighted by Gasteiger charge is 2.54. The van der Waals surface area contributed by atoms with Crippen molar-refractivity contribution in [2.75, 3.05) is 0 Å². The van der Waals surface area contributed by atoms with E-state index >= 15 is 0 Å². The minimum Gasteiger partial charge on any atom is -0.0654 e. The van der Waals surface area contributed by atoms with E-state index in [2.05, 4.69) is 48.5 Å². The van der Waals surface area contributed by atoms with Gasteiger partial charge >= 0.3 is 0 Å². The van der Waals surface area contributed by atoms with Gasteiger partial charge in [0.2, 0.25) is 0 Å². The highest BCUT2D eigenvalue weighted by Crippen LogP contribution is 2.60. The number of fused-ring (bicyclic) bond motifs is 1. The van der Waals surface area contributed by atoms with Gasteiger partial charge in [0.15, 0.2) is 0 Å². The van der Waals surface area contributed by atoms with E-state index in [4.69, 9.17) is 0 Å². The van der Waals surface area contributed by atoms with E-state index in [1.54, 1.807) is 0 Å². The molecule has 2 aliphatic carbocycles. The summed E-state index contributed by atoms with van der Waals surface area (Å²) < 4.78 is 0. The van der Waals surface area contributed by atoms with Gasteiger partial charge in [-0.3, -0.25) is 0 Å². The summed E-state index contributed by atoms with van der Waals surface area (Å²) >= 11 is 0. The maximum atomic E-state index is 2.56. The summed E-state index contributed by atoms with van der Waals surface area (Å²) in [5.41, 5.74) is 0. The van der Waals surface area contributed by atoms with Crippen LogP contribution < -0.4 is 0 Å².